The quantitative estimate of drug-likeness (QED) is 0.488. The average molecular weight is 483 g/mol. The van der Waals surface area contributed by atoms with Gasteiger partial charge < -0.3 is 9.84 Å². The zero-order valence-electron chi connectivity index (χ0n) is 19.7. The minimum atomic E-state index is -4.32. The number of ether oxygens (including phenoxy) is 1. The van der Waals surface area contributed by atoms with Crippen molar-refractivity contribution < 1.29 is 18.3 Å². The van der Waals surface area contributed by atoms with Gasteiger partial charge in [0.1, 0.15) is 12.4 Å². The lowest BCUT2D eigenvalue weighted by Gasteiger charge is -2.22. The highest BCUT2D eigenvalue weighted by Gasteiger charge is 2.32. The molecule has 2 aromatic carbocycles. The normalized spacial score (nSPS) is 13.9. The largest absolute Gasteiger partial charge is 0.493 e. The smallest absolute Gasteiger partial charge is 0.296 e. The fraction of sp³-hybridized carbons (Fsp3) is 0.385. The van der Waals surface area contributed by atoms with E-state index in [0.29, 0.717) is 31.1 Å². The average Bonchev–Trinajstić information content (AvgIpc) is 3.68. The first kappa shape index (κ1) is 24.2. The first-order valence-corrected chi connectivity index (χ1v) is 13.2. The van der Waals surface area contributed by atoms with Crippen molar-refractivity contribution in [3.63, 3.8) is 0 Å². The maximum Gasteiger partial charge on any atom is 0.296 e. The lowest BCUT2D eigenvalue weighted by atomic mass is 10.0. The number of hydrogen-bond donors (Lipinski definition) is 1. The third kappa shape index (κ3) is 4.40. The van der Waals surface area contributed by atoms with Crippen LogP contribution in [0.15, 0.2) is 57.1 Å². The molecule has 0 spiro atoms. The van der Waals surface area contributed by atoms with Crippen molar-refractivity contribution in [1.82, 2.24) is 9.55 Å². The van der Waals surface area contributed by atoms with Gasteiger partial charge in [-0.25, -0.2) is 8.42 Å². The number of sulfone groups is 1. The summed E-state index contributed by atoms with van der Waals surface area (Å²) in [6.07, 6.45) is 3.49. The highest BCUT2D eigenvalue weighted by Crippen LogP contribution is 2.40. The number of benzene rings is 2. The number of aryl methyl sites for hydroxylation is 2. The van der Waals surface area contributed by atoms with Gasteiger partial charge in [-0.15, -0.1) is 0 Å². The Morgan fingerprint density at radius 3 is 2.18 bits per heavy atom. The van der Waals surface area contributed by atoms with Crippen molar-refractivity contribution in [2.24, 2.45) is 0 Å². The highest BCUT2D eigenvalue weighted by atomic mass is 32.2. The Labute approximate surface area is 200 Å². The Balaban J connectivity index is 1.97. The molecule has 1 aliphatic carbocycles. The second-order valence-electron chi connectivity index (χ2n) is 8.44. The van der Waals surface area contributed by atoms with Crippen molar-refractivity contribution in [2.45, 2.75) is 68.8 Å². The zero-order valence-corrected chi connectivity index (χ0v) is 20.6. The minimum Gasteiger partial charge on any atom is -0.493 e. The van der Waals surface area contributed by atoms with Crippen LogP contribution < -0.4 is 5.56 Å². The van der Waals surface area contributed by atoms with Crippen LogP contribution in [0.1, 0.15) is 62.0 Å². The molecular weight excluding hydrogens is 452 g/mol. The lowest BCUT2D eigenvalue weighted by Crippen LogP contribution is -2.26. The molecule has 34 heavy (non-hydrogen) atoms. The Hall–Kier alpha value is -2.97. The molecule has 1 saturated carbocycles. The third-order valence-corrected chi connectivity index (χ3v) is 8.02. The number of nitrogens with zero attached hydrogens (tertiary/aromatic N) is 2. The molecule has 1 aliphatic rings. The molecular formula is C26H30N2O5S. The van der Waals surface area contributed by atoms with Crippen LogP contribution in [-0.2, 0) is 34.0 Å². The molecule has 1 heterocycles. The summed E-state index contributed by atoms with van der Waals surface area (Å²) in [5.74, 6) is -0.0144. The summed E-state index contributed by atoms with van der Waals surface area (Å²) in [7, 11) is -4.32. The van der Waals surface area contributed by atoms with Crippen LogP contribution in [0.25, 0.3) is 5.69 Å². The molecule has 0 amide bonds. The maximum atomic E-state index is 13.5. The van der Waals surface area contributed by atoms with E-state index in [1.165, 1.54) is 16.7 Å². The van der Waals surface area contributed by atoms with Gasteiger partial charge in [0.15, 0.2) is 4.90 Å². The molecule has 0 saturated heterocycles. The van der Waals surface area contributed by atoms with E-state index in [0.717, 1.165) is 29.5 Å². The van der Waals surface area contributed by atoms with E-state index in [2.05, 4.69) is 4.98 Å². The second kappa shape index (κ2) is 9.72. The van der Waals surface area contributed by atoms with E-state index >= 15 is 0 Å². The predicted molar refractivity (Wildman–Crippen MR) is 129 cm³/mol. The van der Waals surface area contributed by atoms with E-state index < -0.39 is 26.2 Å². The standard InChI is InChI=1S/C26H30N2O5S/c1-4-17-8-7-9-18(5-2)23(17)28-22(16-33-6-3)27-25(29)24(26(28)30)34(31,32)21-14-12-20(13-15-21)19-10-11-19/h7-9,12-15,19,30H,4-6,10-11,16H2,1-3H3. The Morgan fingerprint density at radius 2 is 1.65 bits per heavy atom. The van der Waals surface area contributed by atoms with Gasteiger partial charge in [-0.3, -0.25) is 9.36 Å². The van der Waals surface area contributed by atoms with E-state index in [9.17, 15) is 18.3 Å². The Kier molecular flexibility index (Phi) is 6.91. The molecule has 8 heteroatoms. The second-order valence-corrected chi connectivity index (χ2v) is 10.3. The number of hydrogen-bond acceptors (Lipinski definition) is 6. The first-order valence-electron chi connectivity index (χ1n) is 11.7. The van der Waals surface area contributed by atoms with Crippen LogP contribution in [0.3, 0.4) is 0 Å². The number of aromatic hydroxyl groups is 1. The summed E-state index contributed by atoms with van der Waals surface area (Å²) in [6.45, 7) is 6.10. The van der Waals surface area contributed by atoms with Gasteiger partial charge in [-0.05, 0) is 67.3 Å². The molecule has 7 nitrogen and oxygen atoms in total. The van der Waals surface area contributed by atoms with Crippen LogP contribution in [0.5, 0.6) is 5.88 Å². The first-order chi connectivity index (χ1) is 16.3. The molecule has 180 valence electrons. The number of rotatable bonds is 9. The van der Waals surface area contributed by atoms with Gasteiger partial charge in [0.05, 0.1) is 10.6 Å². The molecule has 4 rings (SSSR count). The van der Waals surface area contributed by atoms with E-state index in [-0.39, 0.29) is 17.3 Å². The summed E-state index contributed by atoms with van der Waals surface area (Å²) in [6, 6.07) is 12.3. The van der Waals surface area contributed by atoms with E-state index in [1.54, 1.807) is 12.1 Å². The molecule has 1 N–H and O–H groups in total. The van der Waals surface area contributed by atoms with Crippen molar-refractivity contribution >= 4 is 9.84 Å². The fourth-order valence-electron chi connectivity index (χ4n) is 4.25. The molecule has 0 unspecified atom stereocenters. The van der Waals surface area contributed by atoms with Crippen molar-refractivity contribution in [3.8, 4) is 11.6 Å². The molecule has 0 radical (unpaired) electrons. The van der Waals surface area contributed by atoms with Gasteiger partial charge in [-0.1, -0.05) is 44.2 Å². The van der Waals surface area contributed by atoms with E-state index in [1.807, 2.05) is 39.0 Å². The zero-order chi connectivity index (χ0) is 24.5. The van der Waals surface area contributed by atoms with Crippen molar-refractivity contribution in [3.05, 3.63) is 75.3 Å². The van der Waals surface area contributed by atoms with Crippen LogP contribution in [0.4, 0.5) is 0 Å². The van der Waals surface area contributed by atoms with Gasteiger partial charge >= 0.3 is 0 Å². The van der Waals surface area contributed by atoms with Crippen molar-refractivity contribution in [2.75, 3.05) is 6.61 Å². The summed E-state index contributed by atoms with van der Waals surface area (Å²) in [5, 5.41) is 11.4. The lowest BCUT2D eigenvalue weighted by molar-refractivity contribution is 0.125. The van der Waals surface area contributed by atoms with Crippen LogP contribution in [0, 0.1) is 0 Å². The predicted octanol–water partition coefficient (Wildman–Crippen LogP) is 4.31. The molecule has 1 aromatic heterocycles. The molecule has 3 aromatic rings. The Bertz CT molecular complexity index is 1330. The summed E-state index contributed by atoms with van der Waals surface area (Å²) < 4.78 is 34.0. The van der Waals surface area contributed by atoms with Crippen molar-refractivity contribution in [1.29, 1.82) is 0 Å². The topological polar surface area (TPSA) is 98.5 Å². The summed E-state index contributed by atoms with van der Waals surface area (Å²) >= 11 is 0. The van der Waals surface area contributed by atoms with Gasteiger partial charge in [0.2, 0.25) is 15.7 Å². The third-order valence-electron chi connectivity index (χ3n) is 6.23. The van der Waals surface area contributed by atoms with Gasteiger partial charge in [0, 0.05) is 6.61 Å². The van der Waals surface area contributed by atoms with Crippen LogP contribution in [0.2, 0.25) is 0 Å². The van der Waals surface area contributed by atoms with E-state index in [4.69, 9.17) is 4.74 Å². The molecule has 0 bridgehead atoms. The molecule has 0 atom stereocenters. The van der Waals surface area contributed by atoms with Gasteiger partial charge in [-0.2, -0.15) is 4.98 Å². The Morgan fingerprint density at radius 1 is 1.03 bits per heavy atom. The molecule has 1 fully saturated rings. The summed E-state index contributed by atoms with van der Waals surface area (Å²) in [4.78, 5) is 16.3. The molecule has 0 aliphatic heterocycles. The minimum absolute atomic E-state index is 0.0447. The summed E-state index contributed by atoms with van der Waals surface area (Å²) in [5.41, 5.74) is 2.51. The number of aromatic nitrogens is 2. The van der Waals surface area contributed by atoms with Crippen LogP contribution >= 0.6 is 0 Å². The van der Waals surface area contributed by atoms with Crippen LogP contribution in [-0.4, -0.2) is 29.7 Å². The monoisotopic (exact) mass is 482 g/mol. The fourth-order valence-corrected chi connectivity index (χ4v) is 5.59. The van der Waals surface area contributed by atoms with Gasteiger partial charge in [0.25, 0.3) is 5.56 Å². The highest BCUT2D eigenvalue weighted by molar-refractivity contribution is 7.91. The SMILES string of the molecule is CCOCc1nc(=O)c(S(=O)(=O)c2ccc(C3CC3)cc2)c(O)n1-c1c(CC)cccc1CC. The number of para-hydroxylation sites is 1. The maximum absolute atomic E-state index is 13.5.